The topological polar surface area (TPSA) is 16.5 Å². The molecule has 0 bridgehead atoms. The Morgan fingerprint density at radius 2 is 2.22 bits per heavy atom. The third-order valence-corrected chi connectivity index (χ3v) is 3.10. The fourth-order valence-corrected chi connectivity index (χ4v) is 2.21. The first kappa shape index (κ1) is 7.80. The van der Waals surface area contributed by atoms with Gasteiger partial charge in [0.25, 0.3) is 0 Å². The molecule has 1 aliphatic heterocycles. The highest BCUT2D eigenvalue weighted by Gasteiger charge is 1.99. The summed E-state index contributed by atoms with van der Waals surface area (Å²) in [6.07, 6.45) is 5.36. The molecule has 54 valence electrons. The van der Waals surface area contributed by atoms with E-state index in [-0.39, 0.29) is 0 Å². The Kier molecular flexibility index (Phi) is 3.91. The minimum atomic E-state index is 0.884. The second-order valence-corrected chi connectivity index (χ2v) is 4.37. The van der Waals surface area contributed by atoms with E-state index in [0.29, 0.717) is 0 Å². The van der Waals surface area contributed by atoms with Gasteiger partial charge in [0.15, 0.2) is 0 Å². The minimum Gasteiger partial charge on any atom is -0.471 e. The van der Waals surface area contributed by atoms with E-state index in [4.69, 9.17) is 12.8 Å². The highest BCUT2D eigenvalue weighted by atomic mass is 32.1. The zero-order valence-corrected chi connectivity index (χ0v) is 7.26. The zero-order chi connectivity index (χ0) is 6.53. The Bertz CT molecular complexity index is 73.4. The molecular formula is C5H13N2PS. The van der Waals surface area contributed by atoms with Gasteiger partial charge in [-0.3, -0.25) is 0 Å². The molecule has 0 radical (unpaired) electrons. The molecule has 4 heteroatoms. The van der Waals surface area contributed by atoms with Crippen LogP contribution >= 0.6 is 8.73 Å². The van der Waals surface area contributed by atoms with Crippen molar-refractivity contribution in [2.75, 3.05) is 12.7 Å². The van der Waals surface area contributed by atoms with Crippen LogP contribution in [0.5, 0.6) is 0 Å². The minimum absolute atomic E-state index is 0.884. The number of hydrogen-bond acceptors (Lipinski definition) is 2. The first-order valence-corrected chi connectivity index (χ1v) is 5.03. The van der Waals surface area contributed by atoms with Gasteiger partial charge in [0.2, 0.25) is 0 Å². The second-order valence-electron chi connectivity index (χ2n) is 2.24. The van der Waals surface area contributed by atoms with Gasteiger partial charge >= 0.3 is 0 Å². The number of quaternary nitrogens is 1. The van der Waals surface area contributed by atoms with Crippen molar-refractivity contribution in [2.24, 2.45) is 0 Å². The Morgan fingerprint density at radius 1 is 1.33 bits per heavy atom. The van der Waals surface area contributed by atoms with E-state index in [1.165, 1.54) is 25.4 Å². The van der Waals surface area contributed by atoms with Crippen LogP contribution in [0.1, 0.15) is 19.3 Å². The fourth-order valence-electron chi connectivity index (χ4n) is 0.893. The van der Waals surface area contributed by atoms with E-state index in [9.17, 15) is 0 Å². The SMILES string of the molecule is [S-][NH+]1NCCCCCP1. The van der Waals surface area contributed by atoms with E-state index in [2.05, 4.69) is 5.43 Å². The van der Waals surface area contributed by atoms with Gasteiger partial charge in [0, 0.05) is 12.7 Å². The van der Waals surface area contributed by atoms with Crippen molar-refractivity contribution >= 4 is 21.5 Å². The van der Waals surface area contributed by atoms with E-state index in [1.807, 2.05) is 0 Å². The predicted molar refractivity (Wildman–Crippen MR) is 43.4 cm³/mol. The van der Waals surface area contributed by atoms with Crippen LogP contribution in [0.3, 0.4) is 0 Å². The molecule has 9 heavy (non-hydrogen) atoms. The molecule has 0 aromatic carbocycles. The summed E-state index contributed by atoms with van der Waals surface area (Å²) < 4.78 is 1.09. The van der Waals surface area contributed by atoms with E-state index >= 15 is 0 Å². The van der Waals surface area contributed by atoms with Crippen LogP contribution in [-0.4, -0.2) is 12.7 Å². The predicted octanol–water partition coefficient (Wildman–Crippen LogP) is -0.385. The second kappa shape index (κ2) is 4.51. The van der Waals surface area contributed by atoms with Crippen LogP contribution in [0.2, 0.25) is 0 Å². The lowest BCUT2D eigenvalue weighted by Gasteiger charge is -2.24. The third kappa shape index (κ3) is 3.41. The molecule has 0 aromatic rings. The molecule has 1 rings (SSSR count). The number of nitrogens with one attached hydrogen (secondary N) is 2. The molecule has 0 aliphatic carbocycles. The molecule has 1 aliphatic rings. The lowest BCUT2D eigenvalue weighted by Crippen LogP contribution is -3.07. The van der Waals surface area contributed by atoms with Crippen molar-refractivity contribution in [3.05, 3.63) is 0 Å². The Balaban J connectivity index is 2.12. The van der Waals surface area contributed by atoms with Crippen molar-refractivity contribution in [3.63, 3.8) is 0 Å². The quantitative estimate of drug-likeness (QED) is 0.375. The van der Waals surface area contributed by atoms with Gasteiger partial charge in [-0.2, -0.15) is 5.43 Å². The lowest BCUT2D eigenvalue weighted by molar-refractivity contribution is -0.661. The van der Waals surface area contributed by atoms with Crippen molar-refractivity contribution < 1.29 is 4.18 Å². The summed E-state index contributed by atoms with van der Waals surface area (Å²) in [5, 5.41) is 0. The van der Waals surface area contributed by atoms with Crippen LogP contribution in [0.4, 0.5) is 0 Å². The Morgan fingerprint density at radius 3 is 3.11 bits per heavy atom. The lowest BCUT2D eigenvalue weighted by atomic mass is 10.2. The molecule has 1 heterocycles. The largest absolute Gasteiger partial charge is 0.471 e. The van der Waals surface area contributed by atoms with Gasteiger partial charge in [0.05, 0.1) is 8.73 Å². The van der Waals surface area contributed by atoms with E-state index in [0.717, 1.165) is 19.5 Å². The summed E-state index contributed by atoms with van der Waals surface area (Å²) in [5.74, 6) is 0. The Hall–Kier alpha value is 0.700. The fraction of sp³-hybridized carbons (Fsp3) is 1.00. The molecule has 1 fully saturated rings. The first-order valence-electron chi connectivity index (χ1n) is 3.41. The van der Waals surface area contributed by atoms with Crippen molar-refractivity contribution in [1.82, 2.24) is 5.43 Å². The normalized spacial score (nSPS) is 33.7. The van der Waals surface area contributed by atoms with Crippen LogP contribution in [0.25, 0.3) is 0 Å². The van der Waals surface area contributed by atoms with Crippen LogP contribution in [-0.2, 0) is 12.8 Å². The van der Waals surface area contributed by atoms with Gasteiger partial charge in [0.1, 0.15) is 0 Å². The molecular weight excluding hydrogens is 151 g/mol. The zero-order valence-electron chi connectivity index (χ0n) is 5.44. The summed E-state index contributed by atoms with van der Waals surface area (Å²) in [6, 6.07) is 0. The third-order valence-electron chi connectivity index (χ3n) is 1.42. The summed E-state index contributed by atoms with van der Waals surface area (Å²) in [5.41, 5.74) is 3.23. The average molecular weight is 164 g/mol. The summed E-state index contributed by atoms with van der Waals surface area (Å²) in [4.78, 5) is 0. The summed E-state index contributed by atoms with van der Waals surface area (Å²) in [6.45, 7) is 1.10. The maximum absolute atomic E-state index is 5.05. The monoisotopic (exact) mass is 164 g/mol. The van der Waals surface area contributed by atoms with Gasteiger partial charge in [-0.05, 0) is 12.8 Å². The first-order chi connectivity index (χ1) is 4.39. The van der Waals surface area contributed by atoms with E-state index in [1.54, 1.807) is 0 Å². The highest BCUT2D eigenvalue weighted by molar-refractivity contribution is 7.57. The maximum atomic E-state index is 5.05. The standard InChI is InChI=1S/C5H13N2PS/c9-7-6-4-2-1-3-5-8-7/h6-8H,1-5H2. The van der Waals surface area contributed by atoms with Crippen LogP contribution < -0.4 is 9.61 Å². The molecule has 0 amide bonds. The van der Waals surface area contributed by atoms with Crippen molar-refractivity contribution in [1.29, 1.82) is 0 Å². The van der Waals surface area contributed by atoms with Crippen LogP contribution in [0.15, 0.2) is 0 Å². The average Bonchev–Trinajstić information content (AvgIpc) is 1.79. The van der Waals surface area contributed by atoms with Gasteiger partial charge in [-0.1, -0.05) is 6.42 Å². The van der Waals surface area contributed by atoms with Crippen molar-refractivity contribution in [3.8, 4) is 0 Å². The molecule has 2 atom stereocenters. The molecule has 1 saturated heterocycles. The smallest absolute Gasteiger partial charge is 0.0888 e. The highest BCUT2D eigenvalue weighted by Crippen LogP contribution is 2.04. The van der Waals surface area contributed by atoms with Crippen molar-refractivity contribution in [2.45, 2.75) is 19.3 Å². The molecule has 0 saturated carbocycles. The van der Waals surface area contributed by atoms with Gasteiger partial charge < -0.3 is 17.0 Å². The van der Waals surface area contributed by atoms with E-state index < -0.39 is 0 Å². The molecule has 0 spiro atoms. The maximum Gasteiger partial charge on any atom is 0.0888 e. The molecule has 2 unspecified atom stereocenters. The molecule has 2 N–H and O–H groups in total. The Labute approximate surface area is 63.7 Å². The molecule has 0 aromatic heterocycles. The summed E-state index contributed by atoms with van der Waals surface area (Å²) in [7, 11) is 0.884. The summed E-state index contributed by atoms with van der Waals surface area (Å²) >= 11 is 5.05. The van der Waals surface area contributed by atoms with Crippen LogP contribution in [0, 0.1) is 0 Å². The van der Waals surface area contributed by atoms with Gasteiger partial charge in [-0.25, -0.2) is 0 Å². The number of hydrogen-bond donors (Lipinski definition) is 2. The van der Waals surface area contributed by atoms with Gasteiger partial charge in [-0.15, -0.1) is 0 Å². The molecule has 2 nitrogen and oxygen atoms in total. The number of rotatable bonds is 0.